The maximum atomic E-state index is 13.1. The summed E-state index contributed by atoms with van der Waals surface area (Å²) < 4.78 is 13.1. The van der Waals surface area contributed by atoms with Gasteiger partial charge in [-0.05, 0) is 43.5 Å². The zero-order valence-electron chi connectivity index (χ0n) is 13.4. The third-order valence-corrected chi connectivity index (χ3v) is 4.26. The number of carbonyl (C=O) groups is 2. The van der Waals surface area contributed by atoms with Crippen molar-refractivity contribution in [1.82, 2.24) is 10.2 Å². The highest BCUT2D eigenvalue weighted by atomic mass is 19.1. The molecule has 1 saturated carbocycles. The molecule has 1 aromatic carbocycles. The van der Waals surface area contributed by atoms with Gasteiger partial charge in [-0.1, -0.05) is 25.0 Å². The molecule has 1 aromatic rings. The molecule has 126 valence electrons. The van der Waals surface area contributed by atoms with Gasteiger partial charge >= 0.3 is 0 Å². The first-order valence-corrected chi connectivity index (χ1v) is 7.97. The zero-order valence-corrected chi connectivity index (χ0v) is 13.4. The van der Waals surface area contributed by atoms with Crippen LogP contribution >= 0.6 is 0 Å². The van der Waals surface area contributed by atoms with Crippen LogP contribution in [0.2, 0.25) is 0 Å². The van der Waals surface area contributed by atoms with Crippen molar-refractivity contribution in [2.75, 3.05) is 20.1 Å². The highest BCUT2D eigenvalue weighted by Gasteiger charge is 2.28. The number of rotatable bonds is 7. The van der Waals surface area contributed by atoms with E-state index < -0.39 is 5.91 Å². The maximum Gasteiger partial charge on any atom is 0.234 e. The van der Waals surface area contributed by atoms with Gasteiger partial charge in [-0.25, -0.2) is 4.39 Å². The lowest BCUT2D eigenvalue weighted by atomic mass is 9.91. The minimum Gasteiger partial charge on any atom is -0.369 e. The molecule has 2 rings (SSSR count). The molecule has 0 aromatic heterocycles. The molecule has 0 aliphatic heterocycles. The van der Waals surface area contributed by atoms with Crippen LogP contribution in [-0.2, 0) is 9.59 Å². The number of likely N-dealkylation sites (N-methyl/N-ethyl adjacent to an activating group) is 1. The van der Waals surface area contributed by atoms with Gasteiger partial charge < -0.3 is 11.1 Å². The molecule has 0 spiro atoms. The van der Waals surface area contributed by atoms with E-state index in [0.29, 0.717) is 5.92 Å². The normalized spacial score (nSPS) is 16.5. The van der Waals surface area contributed by atoms with Crippen LogP contribution in [0.3, 0.4) is 0 Å². The Morgan fingerprint density at radius 2 is 1.87 bits per heavy atom. The van der Waals surface area contributed by atoms with Crippen molar-refractivity contribution in [3.63, 3.8) is 0 Å². The topological polar surface area (TPSA) is 75.4 Å². The number of nitrogens with zero attached hydrogens (tertiary/aromatic N) is 1. The number of carbonyl (C=O) groups excluding carboxylic acids is 2. The second-order valence-electron chi connectivity index (χ2n) is 6.28. The Labute approximate surface area is 136 Å². The number of primary amides is 1. The maximum absolute atomic E-state index is 13.1. The van der Waals surface area contributed by atoms with Gasteiger partial charge in [0.2, 0.25) is 11.8 Å². The molecule has 3 N–H and O–H groups in total. The third kappa shape index (κ3) is 5.32. The van der Waals surface area contributed by atoms with Crippen LogP contribution < -0.4 is 11.1 Å². The first kappa shape index (κ1) is 17.4. The number of amides is 2. The molecule has 23 heavy (non-hydrogen) atoms. The van der Waals surface area contributed by atoms with Crippen LogP contribution in [0.4, 0.5) is 4.39 Å². The van der Waals surface area contributed by atoms with Gasteiger partial charge in [0.05, 0.1) is 19.1 Å². The van der Waals surface area contributed by atoms with Gasteiger partial charge in [-0.15, -0.1) is 0 Å². The number of hydrogen-bond donors (Lipinski definition) is 2. The van der Waals surface area contributed by atoms with Crippen molar-refractivity contribution in [2.45, 2.75) is 31.7 Å². The molecular formula is C17H24FN3O2. The standard InChI is InChI=1S/C17H24FN3O2/c1-21(10-15(19)22)11-16(23)20-17(12-4-2-3-5-12)13-6-8-14(18)9-7-13/h6-9,12,17H,2-5,10-11H2,1H3,(H2,19,22)(H,20,23). The van der Waals surface area contributed by atoms with E-state index in [0.717, 1.165) is 31.2 Å². The fraction of sp³-hybridized carbons (Fsp3) is 0.529. The Balaban J connectivity index is 2.04. The van der Waals surface area contributed by atoms with Gasteiger partial charge in [-0.2, -0.15) is 0 Å². The Morgan fingerprint density at radius 3 is 2.43 bits per heavy atom. The summed E-state index contributed by atoms with van der Waals surface area (Å²) in [5.41, 5.74) is 6.05. The lowest BCUT2D eigenvalue weighted by molar-refractivity contribution is -0.124. The molecule has 1 atom stereocenters. The molecule has 5 nitrogen and oxygen atoms in total. The lowest BCUT2D eigenvalue weighted by Gasteiger charge is -2.26. The molecule has 0 radical (unpaired) electrons. The van der Waals surface area contributed by atoms with E-state index in [2.05, 4.69) is 5.32 Å². The SMILES string of the molecule is CN(CC(N)=O)CC(=O)NC(c1ccc(F)cc1)C1CCCC1. The van der Waals surface area contributed by atoms with Crippen LogP contribution in [0.5, 0.6) is 0 Å². The summed E-state index contributed by atoms with van der Waals surface area (Å²) in [6.07, 6.45) is 4.42. The van der Waals surface area contributed by atoms with Crippen LogP contribution in [-0.4, -0.2) is 36.9 Å². The summed E-state index contributed by atoms with van der Waals surface area (Å²) in [5, 5.41) is 3.04. The zero-order chi connectivity index (χ0) is 16.8. The molecule has 1 aliphatic carbocycles. The second kappa shape index (κ2) is 8.06. The quantitative estimate of drug-likeness (QED) is 0.801. The van der Waals surface area contributed by atoms with E-state index in [9.17, 15) is 14.0 Å². The van der Waals surface area contributed by atoms with E-state index in [1.807, 2.05) is 0 Å². The first-order valence-electron chi connectivity index (χ1n) is 7.97. The highest BCUT2D eigenvalue weighted by Crippen LogP contribution is 2.35. The molecule has 1 unspecified atom stereocenters. The number of hydrogen-bond acceptors (Lipinski definition) is 3. The Kier molecular flexibility index (Phi) is 6.10. The van der Waals surface area contributed by atoms with E-state index in [-0.39, 0.29) is 30.9 Å². The van der Waals surface area contributed by atoms with Gasteiger partial charge in [0.25, 0.3) is 0 Å². The van der Waals surface area contributed by atoms with Crippen molar-refractivity contribution < 1.29 is 14.0 Å². The van der Waals surface area contributed by atoms with Crippen LogP contribution in [0, 0.1) is 11.7 Å². The fourth-order valence-corrected chi connectivity index (χ4v) is 3.22. The van der Waals surface area contributed by atoms with Crippen LogP contribution in [0.1, 0.15) is 37.3 Å². The third-order valence-electron chi connectivity index (χ3n) is 4.26. The van der Waals surface area contributed by atoms with Gasteiger partial charge in [0.1, 0.15) is 5.82 Å². The first-order chi connectivity index (χ1) is 11.0. The molecule has 6 heteroatoms. The van der Waals surface area contributed by atoms with Gasteiger partial charge in [0, 0.05) is 0 Å². The van der Waals surface area contributed by atoms with E-state index >= 15 is 0 Å². The summed E-state index contributed by atoms with van der Waals surface area (Å²) in [6, 6.07) is 6.18. The molecule has 0 bridgehead atoms. The smallest absolute Gasteiger partial charge is 0.234 e. The summed E-state index contributed by atoms with van der Waals surface area (Å²) >= 11 is 0. The molecule has 1 fully saturated rings. The summed E-state index contributed by atoms with van der Waals surface area (Å²) in [7, 11) is 1.67. The monoisotopic (exact) mass is 321 g/mol. The van der Waals surface area contributed by atoms with E-state index in [1.54, 1.807) is 24.1 Å². The second-order valence-corrected chi connectivity index (χ2v) is 6.28. The summed E-state index contributed by atoms with van der Waals surface area (Å²) in [5.74, 6) is -0.543. The van der Waals surface area contributed by atoms with Crippen molar-refractivity contribution >= 4 is 11.8 Å². The number of benzene rings is 1. The van der Waals surface area contributed by atoms with Crippen LogP contribution in [0.15, 0.2) is 24.3 Å². The molecular weight excluding hydrogens is 297 g/mol. The molecule has 2 amide bonds. The molecule has 0 saturated heterocycles. The van der Waals surface area contributed by atoms with E-state index in [4.69, 9.17) is 5.73 Å². The van der Waals surface area contributed by atoms with Gasteiger partial charge in [0.15, 0.2) is 0 Å². The highest BCUT2D eigenvalue weighted by molar-refractivity contribution is 5.80. The summed E-state index contributed by atoms with van der Waals surface area (Å²) in [4.78, 5) is 24.7. The molecule has 0 heterocycles. The number of nitrogens with one attached hydrogen (secondary N) is 1. The molecule has 1 aliphatic rings. The fourth-order valence-electron chi connectivity index (χ4n) is 3.22. The predicted molar refractivity (Wildman–Crippen MR) is 85.9 cm³/mol. The summed E-state index contributed by atoms with van der Waals surface area (Å²) in [6.45, 7) is 0.144. The van der Waals surface area contributed by atoms with Crippen molar-refractivity contribution in [1.29, 1.82) is 0 Å². The lowest BCUT2D eigenvalue weighted by Crippen LogP contribution is -2.41. The Bertz CT molecular complexity index is 541. The minimum absolute atomic E-state index is 0.0397. The Morgan fingerprint density at radius 1 is 1.26 bits per heavy atom. The van der Waals surface area contributed by atoms with Crippen molar-refractivity contribution in [3.05, 3.63) is 35.6 Å². The Hall–Kier alpha value is -1.95. The van der Waals surface area contributed by atoms with E-state index in [1.165, 1.54) is 12.1 Å². The largest absolute Gasteiger partial charge is 0.369 e. The number of nitrogens with two attached hydrogens (primary N) is 1. The minimum atomic E-state index is -0.467. The van der Waals surface area contributed by atoms with Crippen molar-refractivity contribution in [2.24, 2.45) is 11.7 Å². The number of halogens is 1. The van der Waals surface area contributed by atoms with Crippen molar-refractivity contribution in [3.8, 4) is 0 Å². The van der Waals surface area contributed by atoms with Crippen LogP contribution in [0.25, 0.3) is 0 Å². The average Bonchev–Trinajstić information content (AvgIpc) is 2.98. The van der Waals surface area contributed by atoms with Gasteiger partial charge in [-0.3, -0.25) is 14.5 Å². The predicted octanol–water partition coefficient (Wildman–Crippen LogP) is 1.59. The average molecular weight is 321 g/mol.